The first-order valence-electron chi connectivity index (χ1n) is 9.76. The summed E-state index contributed by atoms with van der Waals surface area (Å²) in [5.41, 5.74) is 3.61. The lowest BCUT2D eigenvalue weighted by atomic mass is 9.82. The van der Waals surface area contributed by atoms with E-state index in [1.54, 1.807) is 44.2 Å². The molecule has 0 N–H and O–H groups in total. The van der Waals surface area contributed by atoms with Crippen molar-refractivity contribution in [3.63, 3.8) is 0 Å². The molecule has 154 valence electrons. The summed E-state index contributed by atoms with van der Waals surface area (Å²) in [5, 5.41) is 4.57. The summed E-state index contributed by atoms with van der Waals surface area (Å²) in [6, 6.07) is 11.3. The van der Waals surface area contributed by atoms with Gasteiger partial charge in [0.15, 0.2) is 17.3 Å². The molecule has 0 aliphatic carbocycles. The predicted molar refractivity (Wildman–Crippen MR) is 113 cm³/mol. The molecule has 0 unspecified atom stereocenters. The summed E-state index contributed by atoms with van der Waals surface area (Å²) in [6.45, 7) is 3.33. The lowest BCUT2D eigenvalue weighted by Crippen LogP contribution is -2.22. The van der Waals surface area contributed by atoms with Gasteiger partial charge in [-0.1, -0.05) is 12.1 Å². The van der Waals surface area contributed by atoms with Gasteiger partial charge in [0.05, 0.1) is 12.7 Å². The molecule has 0 radical (unpaired) electrons. The van der Waals surface area contributed by atoms with Crippen molar-refractivity contribution in [2.24, 2.45) is 0 Å². The highest BCUT2D eigenvalue weighted by molar-refractivity contribution is 5.97. The third-order valence-corrected chi connectivity index (χ3v) is 5.36. The maximum absolute atomic E-state index is 12.7. The number of carbonyl (C=O) groups excluding carboxylic acids is 1. The second-order valence-corrected chi connectivity index (χ2v) is 7.24. The maximum Gasteiger partial charge on any atom is 0.228 e. The van der Waals surface area contributed by atoms with Gasteiger partial charge in [0.2, 0.25) is 5.88 Å². The minimum absolute atomic E-state index is 0.0696. The lowest BCUT2D eigenvalue weighted by molar-refractivity contribution is -0.114. The van der Waals surface area contributed by atoms with Crippen molar-refractivity contribution in [3.8, 4) is 23.0 Å². The molecule has 1 aromatic carbocycles. The van der Waals surface area contributed by atoms with E-state index in [1.807, 2.05) is 36.4 Å². The second kappa shape index (κ2) is 7.32. The first-order valence-corrected chi connectivity index (χ1v) is 9.76. The smallest absolute Gasteiger partial charge is 0.228 e. The van der Waals surface area contributed by atoms with Crippen LogP contribution in [-0.2, 0) is 4.79 Å². The minimum atomic E-state index is -0.391. The molecule has 8 heteroatoms. The highest BCUT2D eigenvalue weighted by Gasteiger charge is 2.36. The van der Waals surface area contributed by atoms with Gasteiger partial charge >= 0.3 is 0 Å². The van der Waals surface area contributed by atoms with E-state index in [2.05, 4.69) is 15.1 Å². The Hall–Kier alpha value is -4.07. The third kappa shape index (κ3) is 3.13. The van der Waals surface area contributed by atoms with Crippen molar-refractivity contribution in [2.45, 2.75) is 19.8 Å². The molecule has 0 saturated heterocycles. The van der Waals surface area contributed by atoms with Crippen LogP contribution in [-0.4, -0.2) is 37.5 Å². The zero-order valence-electron chi connectivity index (χ0n) is 17.2. The molecule has 4 heterocycles. The number of benzene rings is 1. The van der Waals surface area contributed by atoms with Gasteiger partial charge in [-0.05, 0) is 43.7 Å². The number of rotatable bonds is 4. The Labute approximate surface area is 178 Å². The van der Waals surface area contributed by atoms with E-state index in [1.165, 1.54) is 0 Å². The van der Waals surface area contributed by atoms with Crippen LogP contribution in [0.4, 0.5) is 0 Å². The normalized spacial score (nSPS) is 15.5. The predicted octanol–water partition coefficient (Wildman–Crippen LogP) is 3.58. The monoisotopic (exact) mass is 413 g/mol. The van der Waals surface area contributed by atoms with E-state index in [-0.39, 0.29) is 5.78 Å². The average molecular weight is 413 g/mol. The van der Waals surface area contributed by atoms with Crippen molar-refractivity contribution in [1.29, 1.82) is 0 Å². The Morgan fingerprint density at radius 3 is 2.55 bits per heavy atom. The van der Waals surface area contributed by atoms with Gasteiger partial charge in [-0.25, -0.2) is 14.5 Å². The molecule has 8 nitrogen and oxygen atoms in total. The number of fused-ring (bicyclic) bond motifs is 3. The zero-order valence-corrected chi connectivity index (χ0v) is 17.2. The van der Waals surface area contributed by atoms with E-state index in [0.29, 0.717) is 34.2 Å². The SMILES string of the molecule is COc1ccc([C@@H]2C(C(C)=O)=C(C)Oc3ncn4nc(-c5ccncc5)nc4c32)cc1. The average Bonchev–Trinajstić information content (AvgIpc) is 3.23. The maximum atomic E-state index is 12.7. The summed E-state index contributed by atoms with van der Waals surface area (Å²) in [5.74, 6) is 1.77. The Bertz CT molecular complexity index is 1330. The molecule has 3 aromatic heterocycles. The number of carbonyl (C=O) groups is 1. The van der Waals surface area contributed by atoms with Crippen molar-refractivity contribution in [2.75, 3.05) is 7.11 Å². The molecular weight excluding hydrogens is 394 g/mol. The zero-order chi connectivity index (χ0) is 21.5. The van der Waals surface area contributed by atoms with Crippen LogP contribution in [0, 0.1) is 0 Å². The second-order valence-electron chi connectivity index (χ2n) is 7.24. The number of pyridine rings is 1. The highest BCUT2D eigenvalue weighted by atomic mass is 16.5. The van der Waals surface area contributed by atoms with Crippen molar-refractivity contribution < 1.29 is 14.3 Å². The van der Waals surface area contributed by atoms with Crippen LogP contribution in [0.25, 0.3) is 17.0 Å². The minimum Gasteiger partial charge on any atom is -0.497 e. The van der Waals surface area contributed by atoms with E-state index < -0.39 is 5.92 Å². The van der Waals surface area contributed by atoms with Crippen LogP contribution >= 0.6 is 0 Å². The van der Waals surface area contributed by atoms with Gasteiger partial charge in [0.1, 0.15) is 17.8 Å². The summed E-state index contributed by atoms with van der Waals surface area (Å²) in [6.07, 6.45) is 4.96. The van der Waals surface area contributed by atoms with Gasteiger partial charge in [0, 0.05) is 29.4 Å². The number of ether oxygens (including phenoxy) is 2. The lowest BCUT2D eigenvalue weighted by Gasteiger charge is -2.28. The topological polar surface area (TPSA) is 91.5 Å². The largest absolute Gasteiger partial charge is 0.497 e. The summed E-state index contributed by atoms with van der Waals surface area (Å²) < 4.78 is 12.9. The molecule has 4 aromatic rings. The molecule has 0 saturated carbocycles. The fourth-order valence-corrected chi connectivity index (χ4v) is 3.95. The van der Waals surface area contributed by atoms with Crippen molar-refractivity contribution in [1.82, 2.24) is 24.6 Å². The summed E-state index contributed by atoms with van der Waals surface area (Å²) in [7, 11) is 1.62. The van der Waals surface area contributed by atoms with Crippen LogP contribution < -0.4 is 9.47 Å². The Morgan fingerprint density at radius 1 is 1.13 bits per heavy atom. The first kappa shape index (κ1) is 18.9. The Kier molecular flexibility index (Phi) is 4.47. The Balaban J connectivity index is 1.76. The number of methoxy groups -OCH3 is 1. The van der Waals surface area contributed by atoms with E-state index in [0.717, 1.165) is 16.9 Å². The summed E-state index contributed by atoms with van der Waals surface area (Å²) in [4.78, 5) is 25.9. The molecule has 5 rings (SSSR count). The molecule has 0 spiro atoms. The van der Waals surface area contributed by atoms with Crippen molar-refractivity contribution in [3.05, 3.63) is 77.6 Å². The van der Waals surface area contributed by atoms with E-state index in [4.69, 9.17) is 14.5 Å². The first-order chi connectivity index (χ1) is 15.1. The molecular formula is C23H19N5O3. The van der Waals surface area contributed by atoms with E-state index >= 15 is 0 Å². The standard InChI is InChI=1S/C23H19N5O3/c1-13(29)18-14(2)31-23-20(19(18)15-4-6-17(30-3)7-5-15)22-26-21(27-28(22)12-25-23)16-8-10-24-11-9-16/h4-12,19H,1-3H3/t19-/m1/s1. The van der Waals surface area contributed by atoms with Gasteiger partial charge < -0.3 is 9.47 Å². The van der Waals surface area contributed by atoms with Crippen LogP contribution in [0.3, 0.4) is 0 Å². The molecule has 0 amide bonds. The number of ketones is 1. The Morgan fingerprint density at radius 2 is 1.87 bits per heavy atom. The van der Waals surface area contributed by atoms with Crippen LogP contribution in [0.1, 0.15) is 30.9 Å². The third-order valence-electron chi connectivity index (χ3n) is 5.36. The van der Waals surface area contributed by atoms with Gasteiger partial charge in [-0.15, -0.1) is 5.10 Å². The molecule has 0 fully saturated rings. The van der Waals surface area contributed by atoms with Crippen LogP contribution in [0.5, 0.6) is 11.6 Å². The fraction of sp³-hybridized carbons (Fsp3) is 0.174. The quantitative estimate of drug-likeness (QED) is 0.505. The van der Waals surface area contributed by atoms with Gasteiger partial charge in [-0.2, -0.15) is 0 Å². The summed E-state index contributed by atoms with van der Waals surface area (Å²) >= 11 is 0. The highest BCUT2D eigenvalue weighted by Crippen LogP contribution is 2.44. The molecule has 31 heavy (non-hydrogen) atoms. The van der Waals surface area contributed by atoms with E-state index in [9.17, 15) is 4.79 Å². The van der Waals surface area contributed by atoms with Gasteiger partial charge in [0.25, 0.3) is 0 Å². The molecule has 0 bridgehead atoms. The van der Waals surface area contributed by atoms with Crippen LogP contribution in [0.2, 0.25) is 0 Å². The number of aromatic nitrogens is 5. The molecule has 1 atom stereocenters. The number of hydrogen-bond donors (Lipinski definition) is 0. The fourth-order valence-electron chi connectivity index (χ4n) is 3.95. The number of hydrogen-bond acceptors (Lipinski definition) is 7. The van der Waals surface area contributed by atoms with Gasteiger partial charge in [-0.3, -0.25) is 9.78 Å². The van der Waals surface area contributed by atoms with Crippen LogP contribution in [0.15, 0.2) is 66.5 Å². The number of Topliss-reactive ketones (excluding diaryl/α,β-unsaturated/α-hetero) is 1. The number of nitrogens with zero attached hydrogens (tertiary/aromatic N) is 5. The molecule has 1 aliphatic heterocycles. The van der Waals surface area contributed by atoms with Crippen molar-refractivity contribution >= 4 is 11.4 Å². The molecule has 1 aliphatic rings. The number of allylic oxidation sites excluding steroid dienone is 2.